The lowest BCUT2D eigenvalue weighted by Crippen LogP contribution is -2.03. The Labute approximate surface area is 90.3 Å². The molecular formula is C9H9N7. The molecule has 0 radical (unpaired) electrons. The fourth-order valence-corrected chi connectivity index (χ4v) is 1.54. The topological polar surface area (TPSA) is 98.3 Å². The number of fused-ring (bicyclic) bond motifs is 1. The summed E-state index contributed by atoms with van der Waals surface area (Å²) in [5, 5.41) is 11.6. The van der Waals surface area contributed by atoms with Crippen molar-refractivity contribution in [1.82, 2.24) is 29.9 Å². The Kier molecular flexibility index (Phi) is 1.67. The second kappa shape index (κ2) is 3.02. The molecule has 3 N–H and O–H groups in total. The van der Waals surface area contributed by atoms with E-state index in [0.29, 0.717) is 11.5 Å². The van der Waals surface area contributed by atoms with Gasteiger partial charge < -0.3 is 5.73 Å². The summed E-state index contributed by atoms with van der Waals surface area (Å²) < 4.78 is 1.66. The van der Waals surface area contributed by atoms with E-state index in [4.69, 9.17) is 5.73 Å². The maximum Gasteiger partial charge on any atom is 0.224 e. The van der Waals surface area contributed by atoms with Crippen LogP contribution in [0.4, 0.5) is 5.95 Å². The highest BCUT2D eigenvalue weighted by Crippen LogP contribution is 2.17. The molecule has 7 nitrogen and oxygen atoms in total. The van der Waals surface area contributed by atoms with Crippen molar-refractivity contribution in [2.75, 3.05) is 5.73 Å². The van der Waals surface area contributed by atoms with E-state index in [1.54, 1.807) is 17.1 Å². The number of aromatic nitrogens is 6. The second-order valence-corrected chi connectivity index (χ2v) is 3.50. The van der Waals surface area contributed by atoms with Crippen LogP contribution in [0.3, 0.4) is 0 Å². The number of anilines is 1. The van der Waals surface area contributed by atoms with Gasteiger partial charge in [-0.1, -0.05) is 0 Å². The normalized spacial score (nSPS) is 11.1. The number of nitrogens with zero attached hydrogens (tertiary/aromatic N) is 5. The van der Waals surface area contributed by atoms with Crippen LogP contribution in [0.25, 0.3) is 16.9 Å². The molecule has 0 aliphatic carbocycles. The van der Waals surface area contributed by atoms with E-state index in [1.165, 1.54) is 0 Å². The lowest BCUT2D eigenvalue weighted by Gasteiger charge is -2.02. The quantitative estimate of drug-likeness (QED) is 0.613. The first-order chi connectivity index (χ1) is 7.74. The van der Waals surface area contributed by atoms with Gasteiger partial charge in [0.1, 0.15) is 0 Å². The highest BCUT2D eigenvalue weighted by atomic mass is 15.3. The van der Waals surface area contributed by atoms with Crippen LogP contribution in [0.15, 0.2) is 18.6 Å². The average Bonchev–Trinajstić information content (AvgIpc) is 2.84. The van der Waals surface area contributed by atoms with Crippen molar-refractivity contribution in [3.05, 3.63) is 24.2 Å². The monoisotopic (exact) mass is 215 g/mol. The smallest absolute Gasteiger partial charge is 0.224 e. The molecule has 0 fully saturated rings. The number of H-pyrrole nitrogens is 1. The molecule has 0 aliphatic rings. The van der Waals surface area contributed by atoms with Crippen LogP contribution in [0.1, 0.15) is 5.56 Å². The minimum atomic E-state index is 0.194. The molecule has 16 heavy (non-hydrogen) atoms. The second-order valence-electron chi connectivity index (χ2n) is 3.50. The Balaban J connectivity index is 2.33. The summed E-state index contributed by atoms with van der Waals surface area (Å²) in [5.41, 5.74) is 7.27. The van der Waals surface area contributed by atoms with E-state index in [0.717, 1.165) is 10.9 Å². The van der Waals surface area contributed by atoms with Crippen molar-refractivity contribution >= 4 is 17.0 Å². The van der Waals surface area contributed by atoms with Gasteiger partial charge in [0.15, 0.2) is 11.5 Å². The van der Waals surface area contributed by atoms with Crippen LogP contribution in [0, 0.1) is 6.92 Å². The first-order valence-corrected chi connectivity index (χ1v) is 4.72. The summed E-state index contributed by atoms with van der Waals surface area (Å²) in [5.74, 6) is 0.823. The molecule has 0 unspecified atom stereocenters. The Morgan fingerprint density at radius 3 is 2.94 bits per heavy atom. The lowest BCUT2D eigenvalue weighted by molar-refractivity contribution is 0.853. The molecule has 3 aromatic rings. The molecule has 3 aromatic heterocycles. The molecule has 7 heteroatoms. The van der Waals surface area contributed by atoms with Crippen molar-refractivity contribution in [3.63, 3.8) is 0 Å². The van der Waals surface area contributed by atoms with Crippen molar-refractivity contribution in [3.8, 4) is 5.82 Å². The molecular weight excluding hydrogens is 206 g/mol. The number of nitrogens with two attached hydrogens (primary N) is 1. The first kappa shape index (κ1) is 8.84. The molecule has 3 heterocycles. The molecule has 0 atom stereocenters. The van der Waals surface area contributed by atoms with Crippen LogP contribution in [0.2, 0.25) is 0 Å². The zero-order valence-corrected chi connectivity index (χ0v) is 8.55. The number of aryl methyl sites for hydroxylation is 1. The van der Waals surface area contributed by atoms with E-state index in [1.807, 2.05) is 13.1 Å². The van der Waals surface area contributed by atoms with Crippen LogP contribution in [0.5, 0.6) is 0 Å². The maximum absolute atomic E-state index is 5.62. The highest BCUT2D eigenvalue weighted by Gasteiger charge is 2.10. The van der Waals surface area contributed by atoms with Gasteiger partial charge in [-0.15, -0.1) is 0 Å². The van der Waals surface area contributed by atoms with Gasteiger partial charge in [0.05, 0.1) is 17.8 Å². The summed E-state index contributed by atoms with van der Waals surface area (Å²) >= 11 is 0. The third-order valence-electron chi connectivity index (χ3n) is 2.24. The van der Waals surface area contributed by atoms with E-state index in [9.17, 15) is 0 Å². The SMILES string of the molecule is Cc1cnn(-c2nc(N)nc3[nH]ncc23)c1. The molecule has 0 saturated carbocycles. The minimum Gasteiger partial charge on any atom is -0.368 e. The fourth-order valence-electron chi connectivity index (χ4n) is 1.54. The van der Waals surface area contributed by atoms with Gasteiger partial charge in [0.2, 0.25) is 5.95 Å². The Morgan fingerprint density at radius 1 is 1.31 bits per heavy atom. The Morgan fingerprint density at radius 2 is 2.19 bits per heavy atom. The zero-order valence-electron chi connectivity index (χ0n) is 8.55. The van der Waals surface area contributed by atoms with Crippen molar-refractivity contribution in [2.24, 2.45) is 0 Å². The molecule has 0 amide bonds. The summed E-state index contributed by atoms with van der Waals surface area (Å²) in [7, 11) is 0. The van der Waals surface area contributed by atoms with Crippen LogP contribution in [-0.2, 0) is 0 Å². The standard InChI is InChI=1S/C9H9N7/c1-5-2-12-16(4-5)8-6-3-11-15-7(6)13-9(10)14-8/h2-4H,1H3,(H3,10,11,13,14,15). The van der Waals surface area contributed by atoms with E-state index in [-0.39, 0.29) is 5.95 Å². The molecule has 0 aliphatic heterocycles. The van der Waals surface area contributed by atoms with Gasteiger partial charge in [0.25, 0.3) is 0 Å². The minimum absolute atomic E-state index is 0.194. The van der Waals surface area contributed by atoms with Crippen molar-refractivity contribution in [2.45, 2.75) is 6.92 Å². The fraction of sp³-hybridized carbons (Fsp3) is 0.111. The van der Waals surface area contributed by atoms with Crippen molar-refractivity contribution < 1.29 is 0 Å². The van der Waals surface area contributed by atoms with E-state index >= 15 is 0 Å². The van der Waals surface area contributed by atoms with E-state index in [2.05, 4.69) is 25.3 Å². The number of hydrogen-bond donors (Lipinski definition) is 2. The van der Waals surface area contributed by atoms with E-state index < -0.39 is 0 Å². The van der Waals surface area contributed by atoms with Gasteiger partial charge in [-0.25, -0.2) is 4.68 Å². The number of rotatable bonds is 1. The molecule has 0 saturated heterocycles. The average molecular weight is 215 g/mol. The van der Waals surface area contributed by atoms with Gasteiger partial charge in [-0.2, -0.15) is 20.2 Å². The third-order valence-corrected chi connectivity index (χ3v) is 2.24. The van der Waals surface area contributed by atoms with Gasteiger partial charge in [0, 0.05) is 6.20 Å². The van der Waals surface area contributed by atoms with Gasteiger partial charge in [-0.05, 0) is 12.5 Å². The van der Waals surface area contributed by atoms with Crippen LogP contribution in [-0.4, -0.2) is 29.9 Å². The first-order valence-electron chi connectivity index (χ1n) is 4.72. The molecule has 0 spiro atoms. The molecule has 80 valence electrons. The van der Waals surface area contributed by atoms with Crippen LogP contribution < -0.4 is 5.73 Å². The molecule has 3 rings (SSSR count). The molecule has 0 bridgehead atoms. The Hall–Kier alpha value is -2.44. The number of nitrogen functional groups attached to an aromatic ring is 1. The predicted molar refractivity (Wildman–Crippen MR) is 58.0 cm³/mol. The summed E-state index contributed by atoms with van der Waals surface area (Å²) in [6.07, 6.45) is 5.28. The zero-order chi connectivity index (χ0) is 11.1. The summed E-state index contributed by atoms with van der Waals surface area (Å²) in [6, 6.07) is 0. The van der Waals surface area contributed by atoms with Crippen LogP contribution >= 0.6 is 0 Å². The lowest BCUT2D eigenvalue weighted by atomic mass is 10.4. The number of aromatic amines is 1. The Bertz CT molecular complexity index is 651. The number of nitrogens with one attached hydrogen (secondary N) is 1. The molecule has 0 aromatic carbocycles. The third kappa shape index (κ3) is 1.22. The highest BCUT2D eigenvalue weighted by molar-refractivity contribution is 5.82. The largest absolute Gasteiger partial charge is 0.368 e. The van der Waals surface area contributed by atoms with Gasteiger partial charge in [-0.3, -0.25) is 5.10 Å². The van der Waals surface area contributed by atoms with Crippen molar-refractivity contribution in [1.29, 1.82) is 0 Å². The maximum atomic E-state index is 5.62. The number of hydrogen-bond acceptors (Lipinski definition) is 5. The summed E-state index contributed by atoms with van der Waals surface area (Å²) in [4.78, 5) is 8.20. The summed E-state index contributed by atoms with van der Waals surface area (Å²) in [6.45, 7) is 1.96. The predicted octanol–water partition coefficient (Wildman–Crippen LogP) is 0.429. The van der Waals surface area contributed by atoms with Gasteiger partial charge >= 0.3 is 0 Å².